The summed E-state index contributed by atoms with van der Waals surface area (Å²) < 4.78 is 1.09. The monoisotopic (exact) mass is 301 g/mol. The Morgan fingerprint density at radius 3 is 2.67 bits per heavy atom. The predicted molar refractivity (Wildman–Crippen MR) is 84.9 cm³/mol. The van der Waals surface area contributed by atoms with Crippen LogP contribution in [0.3, 0.4) is 0 Å². The van der Waals surface area contributed by atoms with Crippen molar-refractivity contribution in [3.63, 3.8) is 0 Å². The van der Waals surface area contributed by atoms with E-state index >= 15 is 0 Å². The molecule has 4 rings (SSSR count). The molecule has 21 heavy (non-hydrogen) atoms. The van der Waals surface area contributed by atoms with Crippen molar-refractivity contribution in [2.75, 3.05) is 13.1 Å². The van der Waals surface area contributed by atoms with Crippen molar-refractivity contribution in [2.45, 2.75) is 25.8 Å². The standard InChI is InChI=1S/C17H19NO2S/c19-17(20)16-14(13-6-1-2-7-15(13)21-16)10-18-8-11-4-3-5-12(11)9-18/h1-2,6-7,11-12H,3-5,8-10H2,(H,19,20). The van der Waals surface area contributed by atoms with Gasteiger partial charge in [0, 0.05) is 24.3 Å². The molecular formula is C17H19NO2S. The van der Waals surface area contributed by atoms with Crippen molar-refractivity contribution >= 4 is 27.4 Å². The van der Waals surface area contributed by atoms with E-state index in [4.69, 9.17) is 0 Å². The lowest BCUT2D eigenvalue weighted by atomic mass is 10.0. The van der Waals surface area contributed by atoms with Crippen LogP contribution in [-0.2, 0) is 6.54 Å². The molecule has 2 atom stereocenters. The van der Waals surface area contributed by atoms with E-state index in [2.05, 4.69) is 11.0 Å². The first-order valence-corrected chi connectivity index (χ1v) is 8.50. The molecule has 0 radical (unpaired) electrons. The summed E-state index contributed by atoms with van der Waals surface area (Å²) in [6.07, 6.45) is 4.10. The number of rotatable bonds is 3. The molecule has 0 amide bonds. The van der Waals surface area contributed by atoms with Crippen molar-refractivity contribution in [3.8, 4) is 0 Å². The maximum absolute atomic E-state index is 11.6. The Labute approximate surface area is 128 Å². The molecule has 1 aliphatic heterocycles. The second-order valence-corrected chi connectivity index (χ2v) is 7.41. The van der Waals surface area contributed by atoms with Crippen LogP contribution in [0.4, 0.5) is 0 Å². The zero-order chi connectivity index (χ0) is 14.4. The lowest BCUT2D eigenvalue weighted by Gasteiger charge is -2.17. The van der Waals surface area contributed by atoms with E-state index in [1.54, 1.807) is 0 Å². The Morgan fingerprint density at radius 2 is 1.95 bits per heavy atom. The van der Waals surface area contributed by atoms with E-state index in [1.165, 1.54) is 30.6 Å². The Bertz CT molecular complexity index is 681. The lowest BCUT2D eigenvalue weighted by Crippen LogP contribution is -2.22. The smallest absolute Gasteiger partial charge is 0.346 e. The van der Waals surface area contributed by atoms with Gasteiger partial charge in [-0.05, 0) is 41.7 Å². The zero-order valence-corrected chi connectivity index (χ0v) is 12.7. The minimum Gasteiger partial charge on any atom is -0.477 e. The molecule has 2 unspecified atom stereocenters. The van der Waals surface area contributed by atoms with Crippen molar-refractivity contribution in [2.24, 2.45) is 11.8 Å². The molecule has 2 aromatic rings. The number of carboxylic acid groups (broad SMARTS) is 1. The number of thiophene rings is 1. The van der Waals surface area contributed by atoms with E-state index in [0.717, 1.165) is 47.1 Å². The number of aromatic carboxylic acids is 1. The van der Waals surface area contributed by atoms with Crippen molar-refractivity contribution in [1.82, 2.24) is 4.90 Å². The second-order valence-electron chi connectivity index (χ2n) is 6.36. The molecule has 2 fully saturated rings. The summed E-state index contributed by atoms with van der Waals surface area (Å²) in [5, 5.41) is 10.6. The molecule has 0 bridgehead atoms. The minimum atomic E-state index is -0.786. The van der Waals surface area contributed by atoms with Gasteiger partial charge in [0.1, 0.15) is 4.88 Å². The number of fused-ring (bicyclic) bond motifs is 2. The molecule has 110 valence electrons. The normalized spacial score (nSPS) is 25.5. The van der Waals surface area contributed by atoms with Gasteiger partial charge in [0.25, 0.3) is 0 Å². The van der Waals surface area contributed by atoms with Crippen LogP contribution in [0.1, 0.15) is 34.5 Å². The summed E-state index contributed by atoms with van der Waals surface area (Å²) in [6.45, 7) is 3.08. The van der Waals surface area contributed by atoms with Gasteiger partial charge in [0.05, 0.1) is 0 Å². The minimum absolute atomic E-state index is 0.522. The third-order valence-electron chi connectivity index (χ3n) is 5.08. The Hall–Kier alpha value is -1.39. The quantitative estimate of drug-likeness (QED) is 0.936. The van der Waals surface area contributed by atoms with Crippen LogP contribution in [0.2, 0.25) is 0 Å². The molecule has 2 heterocycles. The highest BCUT2D eigenvalue weighted by molar-refractivity contribution is 7.21. The number of benzene rings is 1. The van der Waals surface area contributed by atoms with Crippen LogP contribution in [0.15, 0.2) is 24.3 Å². The van der Waals surface area contributed by atoms with Crippen LogP contribution in [0.25, 0.3) is 10.1 Å². The van der Waals surface area contributed by atoms with Crippen LogP contribution in [-0.4, -0.2) is 29.1 Å². The maximum Gasteiger partial charge on any atom is 0.346 e. The molecule has 1 aliphatic carbocycles. The fourth-order valence-electron chi connectivity index (χ4n) is 4.11. The number of carbonyl (C=O) groups is 1. The zero-order valence-electron chi connectivity index (χ0n) is 11.9. The molecule has 2 aliphatic rings. The molecule has 1 saturated carbocycles. The average Bonchev–Trinajstić information content (AvgIpc) is 3.12. The van der Waals surface area contributed by atoms with Gasteiger partial charge in [-0.15, -0.1) is 11.3 Å². The molecule has 1 aromatic heterocycles. The summed E-state index contributed by atoms with van der Waals surface area (Å²) in [4.78, 5) is 14.5. The van der Waals surface area contributed by atoms with Crippen LogP contribution in [0.5, 0.6) is 0 Å². The third-order valence-corrected chi connectivity index (χ3v) is 6.28. The van der Waals surface area contributed by atoms with Gasteiger partial charge in [-0.2, -0.15) is 0 Å². The fourth-order valence-corrected chi connectivity index (χ4v) is 5.17. The SMILES string of the molecule is O=C(O)c1sc2ccccc2c1CN1CC2CCCC2C1. The Kier molecular flexibility index (Phi) is 3.23. The first-order chi connectivity index (χ1) is 10.2. The number of hydrogen-bond donors (Lipinski definition) is 1. The van der Waals surface area contributed by atoms with Gasteiger partial charge < -0.3 is 5.11 Å². The third kappa shape index (κ3) is 2.27. The van der Waals surface area contributed by atoms with Crippen molar-refractivity contribution in [3.05, 3.63) is 34.7 Å². The predicted octanol–water partition coefficient (Wildman–Crippen LogP) is 3.83. The van der Waals surface area contributed by atoms with Gasteiger partial charge in [-0.25, -0.2) is 4.79 Å². The number of likely N-dealkylation sites (tertiary alicyclic amines) is 1. The lowest BCUT2D eigenvalue weighted by molar-refractivity contribution is 0.0700. The Balaban J connectivity index is 1.66. The number of nitrogens with zero attached hydrogens (tertiary/aromatic N) is 1. The van der Waals surface area contributed by atoms with Crippen LogP contribution in [0, 0.1) is 11.8 Å². The maximum atomic E-state index is 11.6. The molecule has 0 spiro atoms. The summed E-state index contributed by atoms with van der Waals surface area (Å²) >= 11 is 1.41. The number of carboxylic acids is 1. The topological polar surface area (TPSA) is 40.5 Å². The molecule has 1 saturated heterocycles. The van der Waals surface area contributed by atoms with Gasteiger partial charge in [-0.1, -0.05) is 24.6 Å². The van der Waals surface area contributed by atoms with Gasteiger partial charge in [0.2, 0.25) is 0 Å². The van der Waals surface area contributed by atoms with E-state index in [1.807, 2.05) is 18.2 Å². The second kappa shape index (κ2) is 5.11. The van der Waals surface area contributed by atoms with E-state index in [9.17, 15) is 9.90 Å². The van der Waals surface area contributed by atoms with Crippen LogP contribution >= 0.6 is 11.3 Å². The number of hydrogen-bond acceptors (Lipinski definition) is 3. The van der Waals surface area contributed by atoms with Gasteiger partial charge in [0.15, 0.2) is 0 Å². The molecule has 1 aromatic carbocycles. The summed E-state index contributed by atoms with van der Waals surface area (Å²) in [7, 11) is 0. The van der Waals surface area contributed by atoms with Crippen molar-refractivity contribution < 1.29 is 9.90 Å². The molecule has 1 N–H and O–H groups in total. The molecule has 4 heteroatoms. The van der Waals surface area contributed by atoms with Crippen molar-refractivity contribution in [1.29, 1.82) is 0 Å². The summed E-state index contributed by atoms with van der Waals surface area (Å²) in [6, 6.07) is 8.07. The highest BCUT2D eigenvalue weighted by Gasteiger charge is 2.36. The van der Waals surface area contributed by atoms with Gasteiger partial charge in [-0.3, -0.25) is 4.90 Å². The van der Waals surface area contributed by atoms with E-state index in [-0.39, 0.29) is 0 Å². The summed E-state index contributed by atoms with van der Waals surface area (Å²) in [5.41, 5.74) is 1.02. The van der Waals surface area contributed by atoms with Crippen LogP contribution < -0.4 is 0 Å². The fraction of sp³-hybridized carbons (Fsp3) is 0.471. The molecule has 3 nitrogen and oxygen atoms in total. The van der Waals surface area contributed by atoms with E-state index in [0.29, 0.717) is 4.88 Å². The molecular weight excluding hydrogens is 282 g/mol. The Morgan fingerprint density at radius 1 is 1.24 bits per heavy atom. The first kappa shape index (κ1) is 13.3. The summed E-state index contributed by atoms with van der Waals surface area (Å²) in [5.74, 6) is 0.914. The first-order valence-electron chi connectivity index (χ1n) is 7.68. The highest BCUT2D eigenvalue weighted by Crippen LogP contribution is 2.39. The highest BCUT2D eigenvalue weighted by atomic mass is 32.1. The average molecular weight is 301 g/mol. The van der Waals surface area contributed by atoms with E-state index < -0.39 is 5.97 Å². The van der Waals surface area contributed by atoms with Gasteiger partial charge >= 0.3 is 5.97 Å². The largest absolute Gasteiger partial charge is 0.477 e.